The second-order valence-corrected chi connectivity index (χ2v) is 6.00. The van der Waals surface area contributed by atoms with E-state index in [0.29, 0.717) is 12.5 Å². The van der Waals surface area contributed by atoms with Crippen LogP contribution in [0.25, 0.3) is 0 Å². The van der Waals surface area contributed by atoms with E-state index < -0.39 is 0 Å². The monoisotopic (exact) mass is 447 g/mol. The Bertz CT molecular complexity index is 494. The Hall–Kier alpha value is -1.02. The van der Waals surface area contributed by atoms with Crippen molar-refractivity contribution in [2.75, 3.05) is 26.7 Å². The fraction of sp³-hybridized carbons (Fsp3) is 0.611. The molecule has 0 heterocycles. The number of nitrogens with one attached hydrogen (secondary N) is 2. The van der Waals surface area contributed by atoms with Crippen molar-refractivity contribution in [2.45, 2.75) is 38.7 Å². The van der Waals surface area contributed by atoms with Crippen LogP contribution in [-0.2, 0) is 6.42 Å². The van der Waals surface area contributed by atoms with Crippen LogP contribution >= 0.6 is 24.0 Å². The molecule has 1 aliphatic rings. The number of aliphatic imine (C=N–C) groups is 1. The summed E-state index contributed by atoms with van der Waals surface area (Å²) >= 11 is 0. The number of guanidine groups is 1. The molecule has 2 unspecified atom stereocenters. The van der Waals surface area contributed by atoms with Crippen molar-refractivity contribution >= 4 is 29.9 Å². The Morgan fingerprint density at radius 1 is 1.25 bits per heavy atom. The molecule has 1 saturated carbocycles. The topological polar surface area (TPSA) is 65.9 Å². The van der Waals surface area contributed by atoms with Crippen LogP contribution in [0.2, 0.25) is 0 Å². The molecule has 1 aromatic carbocycles. The number of hydrogen-bond acceptors (Lipinski definition) is 3. The van der Waals surface area contributed by atoms with Crippen molar-refractivity contribution in [3.05, 3.63) is 29.8 Å². The predicted molar refractivity (Wildman–Crippen MR) is 109 cm³/mol. The average molecular weight is 447 g/mol. The minimum absolute atomic E-state index is 0. The summed E-state index contributed by atoms with van der Waals surface area (Å²) in [4.78, 5) is 4.62. The Kier molecular flexibility index (Phi) is 10.1. The highest BCUT2D eigenvalue weighted by molar-refractivity contribution is 14.0. The lowest BCUT2D eigenvalue weighted by Gasteiger charge is -2.15. The molecule has 1 aromatic rings. The van der Waals surface area contributed by atoms with Crippen LogP contribution in [0.3, 0.4) is 0 Å². The first-order chi connectivity index (χ1) is 11.2. The summed E-state index contributed by atoms with van der Waals surface area (Å²) in [5.41, 5.74) is 1.26. The molecule has 1 aliphatic carbocycles. The van der Waals surface area contributed by atoms with Gasteiger partial charge in [-0.1, -0.05) is 18.6 Å². The summed E-state index contributed by atoms with van der Waals surface area (Å²) in [5.74, 6) is 2.03. The van der Waals surface area contributed by atoms with Gasteiger partial charge < -0.3 is 20.5 Å². The molecule has 2 atom stereocenters. The molecule has 5 nitrogen and oxygen atoms in total. The highest BCUT2D eigenvalue weighted by Gasteiger charge is 2.24. The van der Waals surface area contributed by atoms with Gasteiger partial charge in [-0.25, -0.2) is 0 Å². The molecule has 1 fully saturated rings. The van der Waals surface area contributed by atoms with Crippen molar-refractivity contribution in [2.24, 2.45) is 10.9 Å². The van der Waals surface area contributed by atoms with Crippen LogP contribution < -0.4 is 15.4 Å². The van der Waals surface area contributed by atoms with Gasteiger partial charge >= 0.3 is 0 Å². The zero-order chi connectivity index (χ0) is 16.5. The molecule has 0 bridgehead atoms. The van der Waals surface area contributed by atoms with E-state index in [0.717, 1.165) is 50.5 Å². The molecule has 0 saturated heterocycles. The minimum Gasteiger partial charge on any atom is -0.497 e. The molecule has 2 rings (SSSR count). The van der Waals surface area contributed by atoms with E-state index in [1.54, 1.807) is 7.11 Å². The summed E-state index contributed by atoms with van der Waals surface area (Å²) in [6.45, 7) is 4.41. The molecule has 0 radical (unpaired) electrons. The van der Waals surface area contributed by atoms with E-state index in [-0.39, 0.29) is 30.1 Å². The van der Waals surface area contributed by atoms with Crippen LogP contribution in [0.5, 0.6) is 5.75 Å². The largest absolute Gasteiger partial charge is 0.497 e. The third-order valence-corrected chi connectivity index (χ3v) is 4.31. The Labute approximate surface area is 162 Å². The lowest BCUT2D eigenvalue weighted by Crippen LogP contribution is -2.39. The lowest BCUT2D eigenvalue weighted by molar-refractivity contribution is 0.136. The maximum atomic E-state index is 9.88. The average Bonchev–Trinajstić information content (AvgIpc) is 2.98. The molecule has 0 spiro atoms. The predicted octanol–water partition coefficient (Wildman–Crippen LogP) is 2.57. The van der Waals surface area contributed by atoms with Crippen molar-refractivity contribution in [1.29, 1.82) is 0 Å². The van der Waals surface area contributed by atoms with Gasteiger partial charge in [-0.15, -0.1) is 24.0 Å². The molecule has 136 valence electrons. The first kappa shape index (κ1) is 21.0. The third kappa shape index (κ3) is 6.84. The number of aliphatic hydroxyl groups excluding tert-OH is 1. The van der Waals surface area contributed by atoms with Gasteiger partial charge in [-0.3, -0.25) is 4.99 Å². The SMILES string of the molecule is CCNC(=NCC1CCCC1O)NCCc1ccc(OC)cc1.I. The number of halogens is 1. The standard InChI is InChI=1S/C18H29N3O2.HI/c1-3-19-18(21-13-15-5-4-6-17(15)22)20-12-11-14-7-9-16(23-2)10-8-14;/h7-10,15,17,22H,3-6,11-13H2,1-2H3,(H2,19,20,21);1H. The number of aliphatic hydroxyl groups is 1. The van der Waals surface area contributed by atoms with Crippen LogP contribution in [0.1, 0.15) is 31.7 Å². The second kappa shape index (κ2) is 11.5. The van der Waals surface area contributed by atoms with Gasteiger partial charge in [0.05, 0.1) is 13.2 Å². The number of ether oxygens (including phenoxy) is 1. The Balaban J connectivity index is 0.00000288. The number of benzene rings is 1. The highest BCUT2D eigenvalue weighted by atomic mass is 127. The molecule has 6 heteroatoms. The first-order valence-electron chi connectivity index (χ1n) is 8.56. The third-order valence-electron chi connectivity index (χ3n) is 4.31. The molecular weight excluding hydrogens is 417 g/mol. The van der Waals surface area contributed by atoms with Crippen LogP contribution in [0.4, 0.5) is 0 Å². The van der Waals surface area contributed by atoms with Crippen molar-refractivity contribution in [3.8, 4) is 5.75 Å². The smallest absolute Gasteiger partial charge is 0.191 e. The van der Waals surface area contributed by atoms with Gasteiger partial charge in [-0.2, -0.15) is 0 Å². The second-order valence-electron chi connectivity index (χ2n) is 6.00. The molecule has 3 N–H and O–H groups in total. The number of nitrogens with zero attached hydrogens (tertiary/aromatic N) is 1. The maximum absolute atomic E-state index is 9.88. The van der Waals surface area contributed by atoms with Crippen molar-refractivity contribution in [3.63, 3.8) is 0 Å². The zero-order valence-electron chi connectivity index (χ0n) is 14.6. The molecule has 24 heavy (non-hydrogen) atoms. The van der Waals surface area contributed by atoms with Crippen LogP contribution in [0.15, 0.2) is 29.3 Å². The van der Waals surface area contributed by atoms with E-state index in [9.17, 15) is 5.11 Å². The quantitative estimate of drug-likeness (QED) is 0.342. The van der Waals surface area contributed by atoms with Gasteiger partial charge in [0.2, 0.25) is 0 Å². The van der Waals surface area contributed by atoms with E-state index in [2.05, 4.69) is 34.7 Å². The summed E-state index contributed by atoms with van der Waals surface area (Å²) < 4.78 is 5.17. The van der Waals surface area contributed by atoms with E-state index in [1.807, 2.05) is 12.1 Å². The summed E-state index contributed by atoms with van der Waals surface area (Å²) in [7, 11) is 1.68. The number of methoxy groups -OCH3 is 1. The Morgan fingerprint density at radius 2 is 2.00 bits per heavy atom. The zero-order valence-corrected chi connectivity index (χ0v) is 17.0. The van der Waals surface area contributed by atoms with Gasteiger partial charge in [0, 0.05) is 25.6 Å². The van der Waals surface area contributed by atoms with Crippen molar-refractivity contribution < 1.29 is 9.84 Å². The van der Waals surface area contributed by atoms with Gasteiger partial charge in [-0.05, 0) is 43.9 Å². The van der Waals surface area contributed by atoms with E-state index in [1.165, 1.54) is 5.56 Å². The van der Waals surface area contributed by atoms with E-state index in [4.69, 9.17) is 4.74 Å². The molecule has 0 aliphatic heterocycles. The fourth-order valence-corrected chi connectivity index (χ4v) is 2.90. The minimum atomic E-state index is -0.180. The van der Waals surface area contributed by atoms with Gasteiger partial charge in [0.15, 0.2) is 5.96 Å². The molecular formula is C18H30IN3O2. The van der Waals surface area contributed by atoms with Gasteiger partial charge in [0.1, 0.15) is 5.75 Å². The van der Waals surface area contributed by atoms with Crippen molar-refractivity contribution in [1.82, 2.24) is 10.6 Å². The summed E-state index contributed by atoms with van der Waals surface area (Å²) in [5, 5.41) is 16.5. The van der Waals surface area contributed by atoms with Crippen LogP contribution in [0, 0.1) is 5.92 Å². The Morgan fingerprint density at radius 3 is 2.58 bits per heavy atom. The number of rotatable bonds is 7. The molecule has 0 amide bonds. The number of hydrogen-bond donors (Lipinski definition) is 3. The molecule has 0 aromatic heterocycles. The lowest BCUT2D eigenvalue weighted by atomic mass is 10.1. The summed E-state index contributed by atoms with van der Waals surface area (Å²) in [6.07, 6.45) is 3.86. The fourth-order valence-electron chi connectivity index (χ4n) is 2.90. The van der Waals surface area contributed by atoms with Gasteiger partial charge in [0.25, 0.3) is 0 Å². The highest BCUT2D eigenvalue weighted by Crippen LogP contribution is 2.25. The van der Waals surface area contributed by atoms with Crippen LogP contribution in [-0.4, -0.2) is 43.9 Å². The normalized spacial score (nSPS) is 20.4. The maximum Gasteiger partial charge on any atom is 0.191 e. The first-order valence-corrected chi connectivity index (χ1v) is 8.56. The summed E-state index contributed by atoms with van der Waals surface area (Å²) in [6, 6.07) is 8.13. The van der Waals surface area contributed by atoms with E-state index >= 15 is 0 Å².